The number of nitrogens with one attached hydrogen (secondary N) is 4. The van der Waals surface area contributed by atoms with Gasteiger partial charge in [0.15, 0.2) is 10.2 Å². The van der Waals surface area contributed by atoms with Crippen LogP contribution in [-0.2, 0) is 31.9 Å². The quantitative estimate of drug-likeness (QED) is 0.0660. The Kier molecular flexibility index (Phi) is 14.6. The van der Waals surface area contributed by atoms with E-state index >= 15 is 0 Å². The molecule has 0 radical (unpaired) electrons. The number of benzene rings is 2. The molecule has 8 N–H and O–H groups in total. The second kappa shape index (κ2) is 18.4. The normalized spacial score (nSPS) is 11.2. The van der Waals surface area contributed by atoms with E-state index in [9.17, 15) is 19.2 Å². The number of esters is 2. The third kappa shape index (κ3) is 11.2. The van der Waals surface area contributed by atoms with Gasteiger partial charge in [-0.05, 0) is 66.9 Å². The van der Waals surface area contributed by atoms with Gasteiger partial charge in [0.1, 0.15) is 11.4 Å². The highest BCUT2D eigenvalue weighted by atomic mass is 35.5. The van der Waals surface area contributed by atoms with Crippen LogP contribution in [0.3, 0.4) is 0 Å². The zero-order valence-corrected chi connectivity index (χ0v) is 30.4. The van der Waals surface area contributed by atoms with Crippen molar-refractivity contribution in [2.75, 3.05) is 24.9 Å². The fraction of sp³-hybridized carbons (Fsp3) is 0.138. The molecule has 15 nitrogen and oxygen atoms in total. The number of anilines is 2. The molecule has 0 spiro atoms. The van der Waals surface area contributed by atoms with Crippen LogP contribution < -0.4 is 33.0 Å². The van der Waals surface area contributed by atoms with Gasteiger partial charge in [-0.15, -0.1) is 0 Å². The van der Waals surface area contributed by atoms with E-state index in [1.807, 2.05) is 0 Å². The summed E-state index contributed by atoms with van der Waals surface area (Å²) in [6, 6.07) is 9.80. The van der Waals surface area contributed by atoms with Crippen LogP contribution in [0.5, 0.6) is 0 Å². The van der Waals surface area contributed by atoms with Crippen LogP contribution in [0.25, 0.3) is 0 Å². The molecule has 0 fully saturated rings. The van der Waals surface area contributed by atoms with Crippen molar-refractivity contribution in [1.29, 1.82) is 0 Å². The van der Waals surface area contributed by atoms with Crippen molar-refractivity contribution in [2.24, 2.45) is 21.7 Å². The molecule has 262 valence electrons. The smallest absolute Gasteiger partial charge is 0.339 e. The number of halogens is 4. The second-order valence-corrected chi connectivity index (χ2v) is 12.1. The highest BCUT2D eigenvalue weighted by Gasteiger charge is 2.27. The molecule has 0 aliphatic rings. The maximum atomic E-state index is 13.4. The number of hydrogen-bond donors (Lipinski definition) is 6. The second-order valence-electron chi connectivity index (χ2n) is 9.55. The van der Waals surface area contributed by atoms with Crippen molar-refractivity contribution < 1.29 is 28.7 Å². The summed E-state index contributed by atoms with van der Waals surface area (Å²) in [6.45, 7) is 0. The molecule has 3 aromatic rings. The van der Waals surface area contributed by atoms with E-state index in [1.165, 1.54) is 36.4 Å². The predicted octanol–water partition coefficient (Wildman–Crippen LogP) is 4.01. The van der Waals surface area contributed by atoms with Gasteiger partial charge in [0.2, 0.25) is 0 Å². The monoisotopic (exact) mass is 799 g/mol. The number of nitrogens with two attached hydrogens (primary N) is 2. The molecule has 2 aromatic carbocycles. The van der Waals surface area contributed by atoms with Gasteiger partial charge in [0.25, 0.3) is 11.8 Å². The lowest BCUT2D eigenvalue weighted by molar-refractivity contribution is -0.111. The molecule has 0 saturated carbocycles. The molecule has 1 heterocycles. The molecule has 0 unspecified atom stereocenters. The predicted molar refractivity (Wildman–Crippen MR) is 199 cm³/mol. The number of amides is 2. The molecule has 21 heteroatoms. The summed E-state index contributed by atoms with van der Waals surface area (Å²) < 4.78 is 9.83. The number of hydrogen-bond acceptors (Lipinski definition) is 11. The Morgan fingerprint density at radius 2 is 1.06 bits per heavy atom. The van der Waals surface area contributed by atoms with E-state index in [-0.39, 0.29) is 75.6 Å². The van der Waals surface area contributed by atoms with Crippen LogP contribution >= 0.6 is 70.8 Å². The van der Waals surface area contributed by atoms with Crippen molar-refractivity contribution in [3.8, 4) is 0 Å². The number of carbonyl (C=O) groups is 4. The molecular formula is C29H25Cl4N9O6S2. The number of rotatable bonds is 12. The van der Waals surface area contributed by atoms with Gasteiger partial charge >= 0.3 is 11.9 Å². The van der Waals surface area contributed by atoms with E-state index in [0.717, 1.165) is 20.3 Å². The van der Waals surface area contributed by atoms with Crippen molar-refractivity contribution in [1.82, 2.24) is 15.8 Å². The minimum atomic E-state index is -0.933. The number of thiocarbonyl (C=S) groups is 2. The van der Waals surface area contributed by atoms with Crippen LogP contribution in [0.15, 0.2) is 52.7 Å². The Bertz CT molecular complexity index is 1810. The standard InChI is InChI=1S/C29H25Cl4N9O6S2/c1-47-26(45)14-9-15(27(46)48-2)21(11-23(40-42-29(35)50)25(44)37-13-4-6-17(31)19(33)8-13)38-20(14)10-22(39-41-28(34)49)24(43)36-12-3-5-16(30)18(32)7-12/h3-9H,10-11H2,1-2H3,(H,36,43)(H,37,44)(H3,34,41,49)(H3,35,42,50). The number of pyridine rings is 1. The van der Waals surface area contributed by atoms with E-state index in [2.05, 4.69) is 36.7 Å². The van der Waals surface area contributed by atoms with Gasteiger partial charge in [-0.2, -0.15) is 10.2 Å². The maximum Gasteiger partial charge on any atom is 0.339 e. The number of carbonyl (C=O) groups excluding carboxylic acids is 4. The zero-order valence-electron chi connectivity index (χ0n) is 25.7. The van der Waals surface area contributed by atoms with Gasteiger partial charge in [0, 0.05) is 24.2 Å². The average molecular weight is 802 g/mol. The summed E-state index contributed by atoms with van der Waals surface area (Å²) in [7, 11) is 2.19. The summed E-state index contributed by atoms with van der Waals surface area (Å²) in [5.41, 5.74) is 14.9. The molecule has 0 atom stereocenters. The fourth-order valence-electron chi connectivity index (χ4n) is 3.89. The topological polar surface area (TPSA) is 225 Å². The zero-order chi connectivity index (χ0) is 37.1. The largest absolute Gasteiger partial charge is 0.465 e. The van der Waals surface area contributed by atoms with Crippen molar-refractivity contribution >= 4 is 128 Å². The van der Waals surface area contributed by atoms with Crippen molar-refractivity contribution in [3.05, 3.63) is 85.1 Å². The molecule has 2 amide bonds. The fourth-order valence-corrected chi connectivity index (χ4v) is 4.58. The van der Waals surface area contributed by atoms with E-state index in [4.69, 9.17) is 91.8 Å². The molecule has 0 saturated heterocycles. The first-order chi connectivity index (χ1) is 23.6. The lowest BCUT2D eigenvalue weighted by Gasteiger charge is -2.16. The minimum Gasteiger partial charge on any atom is -0.465 e. The number of ether oxygens (including phenoxy) is 2. The SMILES string of the molecule is COC(=O)c1cc(C(=O)OC)c(CC(=NNC(N)=S)C(=O)Nc2ccc(Cl)c(Cl)c2)nc1CC(=NNC(N)=S)C(=O)Nc1ccc(Cl)c(Cl)c1. The average Bonchev–Trinajstić information content (AvgIpc) is 3.07. The number of aromatic nitrogens is 1. The molecular weight excluding hydrogens is 776 g/mol. The first-order valence-electron chi connectivity index (χ1n) is 13.6. The van der Waals surface area contributed by atoms with Crippen molar-refractivity contribution in [2.45, 2.75) is 12.8 Å². The molecule has 0 aliphatic heterocycles. The number of methoxy groups -OCH3 is 2. The van der Waals surface area contributed by atoms with Gasteiger partial charge in [-0.3, -0.25) is 25.4 Å². The Labute approximate surface area is 315 Å². The Morgan fingerprint density at radius 1 is 0.680 bits per heavy atom. The highest BCUT2D eigenvalue weighted by molar-refractivity contribution is 7.80. The van der Waals surface area contributed by atoms with Crippen LogP contribution in [-0.4, -0.2) is 64.6 Å². The lowest BCUT2D eigenvalue weighted by Crippen LogP contribution is -2.33. The Morgan fingerprint density at radius 3 is 1.38 bits per heavy atom. The maximum absolute atomic E-state index is 13.4. The summed E-state index contributed by atoms with van der Waals surface area (Å²) in [6.07, 6.45) is -0.955. The summed E-state index contributed by atoms with van der Waals surface area (Å²) in [4.78, 5) is 57.3. The van der Waals surface area contributed by atoms with Crippen LogP contribution in [0.1, 0.15) is 32.1 Å². The number of hydrazone groups is 2. The first-order valence-corrected chi connectivity index (χ1v) is 15.9. The van der Waals surface area contributed by atoms with E-state index < -0.39 is 36.6 Å². The van der Waals surface area contributed by atoms with E-state index in [1.54, 1.807) is 0 Å². The summed E-state index contributed by atoms with van der Waals surface area (Å²) in [5.74, 6) is -3.46. The summed E-state index contributed by atoms with van der Waals surface area (Å²) in [5, 5.41) is 13.4. The minimum absolute atomic E-state index is 0.126. The third-order valence-corrected chi connectivity index (χ3v) is 7.80. The first kappa shape index (κ1) is 39.8. The van der Waals surface area contributed by atoms with Gasteiger partial charge in [-0.1, -0.05) is 46.4 Å². The Hall–Kier alpha value is -4.65. The Balaban J connectivity index is 2.15. The van der Waals surface area contributed by atoms with Crippen LogP contribution in [0.4, 0.5) is 11.4 Å². The highest BCUT2D eigenvalue weighted by Crippen LogP contribution is 2.26. The van der Waals surface area contributed by atoms with Crippen LogP contribution in [0, 0.1) is 0 Å². The van der Waals surface area contributed by atoms with Gasteiger partial charge < -0.3 is 31.6 Å². The molecule has 1 aromatic heterocycles. The van der Waals surface area contributed by atoms with Crippen LogP contribution in [0.2, 0.25) is 20.1 Å². The molecule has 0 aliphatic carbocycles. The third-order valence-electron chi connectivity index (χ3n) is 6.14. The van der Waals surface area contributed by atoms with E-state index in [0.29, 0.717) is 0 Å². The molecule has 3 rings (SSSR count). The number of nitrogens with zero attached hydrogens (tertiary/aromatic N) is 3. The van der Waals surface area contributed by atoms with Gasteiger partial charge in [0.05, 0.1) is 56.8 Å². The summed E-state index contributed by atoms with van der Waals surface area (Å²) >= 11 is 33.8. The lowest BCUT2D eigenvalue weighted by atomic mass is 10.00. The molecule has 50 heavy (non-hydrogen) atoms. The van der Waals surface area contributed by atoms with Crippen molar-refractivity contribution in [3.63, 3.8) is 0 Å². The molecule has 0 bridgehead atoms. The van der Waals surface area contributed by atoms with Gasteiger partial charge in [-0.25, -0.2) is 9.59 Å².